The third-order valence-electron chi connectivity index (χ3n) is 9.41. The van der Waals surface area contributed by atoms with Crippen molar-refractivity contribution in [3.63, 3.8) is 0 Å². The van der Waals surface area contributed by atoms with E-state index >= 15 is 0 Å². The Balaban J connectivity index is 1.14. The normalized spacial score (nSPS) is 15.3. The molecule has 0 aliphatic rings. The summed E-state index contributed by atoms with van der Waals surface area (Å²) >= 11 is 0. The first-order valence-corrected chi connectivity index (χ1v) is 17.0. The van der Waals surface area contributed by atoms with Gasteiger partial charge < -0.3 is 8.98 Å². The van der Waals surface area contributed by atoms with Crippen LogP contribution in [0.15, 0.2) is 186 Å². The van der Waals surface area contributed by atoms with Gasteiger partial charge in [-0.05, 0) is 64.3 Å². The van der Waals surface area contributed by atoms with Crippen molar-refractivity contribution < 1.29 is 23.6 Å². The van der Waals surface area contributed by atoms with Gasteiger partial charge in [-0.25, -0.2) is 15.0 Å². The zero-order valence-electron chi connectivity index (χ0n) is 41.9. The standard InChI is InChI=1S/C49H30N4O/c1-3-13-33(14-4-1)47-50-48(34-15-5-2-6-16-34)52-49(51-47)40-19-11-21-43-46(40)39-28-24-35(30-44(39)54-43)31-22-26-36(27-23-31)53-41-20-10-9-18-38(41)45-37-17-8-7-12-32(37)25-29-42(45)53/h1-30H/i7D,8D,9D,10D,12D,17D,18D,20D,22D,23D,25D,26D,27D,29D. The van der Waals surface area contributed by atoms with Crippen LogP contribution in [0.3, 0.4) is 0 Å². The molecule has 3 heterocycles. The molecule has 0 aliphatic heterocycles. The molecule has 0 amide bonds. The Bertz CT molecular complexity index is 3940. The van der Waals surface area contributed by atoms with E-state index in [2.05, 4.69) is 0 Å². The predicted molar refractivity (Wildman–Crippen MR) is 221 cm³/mol. The molecule has 0 saturated heterocycles. The van der Waals surface area contributed by atoms with E-state index in [1.807, 2.05) is 72.8 Å². The molecule has 0 unspecified atom stereocenters. The summed E-state index contributed by atoms with van der Waals surface area (Å²) in [5.41, 5.74) is 1.98. The second-order valence-corrected chi connectivity index (χ2v) is 12.5. The maximum atomic E-state index is 9.45. The maximum Gasteiger partial charge on any atom is 0.164 e. The number of para-hydroxylation sites is 1. The van der Waals surface area contributed by atoms with Crippen molar-refractivity contribution in [1.82, 2.24) is 19.5 Å². The number of aromatic nitrogens is 4. The lowest BCUT2D eigenvalue weighted by Gasteiger charge is -2.10. The molecule has 11 rings (SSSR count). The van der Waals surface area contributed by atoms with Crippen LogP contribution in [0.2, 0.25) is 0 Å². The van der Waals surface area contributed by atoms with Crippen molar-refractivity contribution >= 4 is 54.5 Å². The van der Waals surface area contributed by atoms with Crippen LogP contribution in [0.4, 0.5) is 0 Å². The van der Waals surface area contributed by atoms with Crippen LogP contribution in [-0.2, 0) is 0 Å². The highest BCUT2D eigenvalue weighted by atomic mass is 16.3. The minimum Gasteiger partial charge on any atom is -0.456 e. The van der Waals surface area contributed by atoms with Gasteiger partial charge in [0.25, 0.3) is 0 Å². The number of benzene rings is 8. The molecule has 0 bridgehead atoms. The molecule has 0 spiro atoms. The summed E-state index contributed by atoms with van der Waals surface area (Å²) in [6, 6.07) is 20.5. The molecule has 5 heteroatoms. The summed E-state index contributed by atoms with van der Waals surface area (Å²) in [5, 5.41) is 0.170. The van der Waals surface area contributed by atoms with Crippen LogP contribution in [0, 0.1) is 0 Å². The maximum absolute atomic E-state index is 9.45. The Morgan fingerprint density at radius 2 is 1.13 bits per heavy atom. The Hall–Kier alpha value is -7.37. The molecule has 0 fully saturated rings. The zero-order chi connectivity index (χ0) is 47.8. The van der Waals surface area contributed by atoms with Gasteiger partial charge >= 0.3 is 0 Å². The van der Waals surface area contributed by atoms with Gasteiger partial charge in [0.15, 0.2) is 17.5 Å². The van der Waals surface area contributed by atoms with E-state index in [0.29, 0.717) is 45.0 Å². The van der Waals surface area contributed by atoms with Crippen LogP contribution < -0.4 is 0 Å². The largest absolute Gasteiger partial charge is 0.456 e. The Morgan fingerprint density at radius 3 is 1.89 bits per heavy atom. The van der Waals surface area contributed by atoms with E-state index in [1.165, 1.54) is 0 Å². The fraction of sp³-hybridized carbons (Fsp3) is 0. The number of furan rings is 1. The number of nitrogens with zero attached hydrogens (tertiary/aromatic N) is 4. The SMILES string of the molecule is [2H]c1c([2H])c(-n2c3c([2H])c([2H])c([2H])c([2H])c3c3c4c([2H])c([2H])c([2H])c([2H])c4c([2H])c([2H])c32)c([2H])c([2H])c1-c1ccc2c(c1)oc1cccc(-c3nc(-c4ccccc4)nc(-c4ccccc4)n3)c12. The van der Waals surface area contributed by atoms with Crippen LogP contribution in [0.1, 0.15) is 19.2 Å². The van der Waals surface area contributed by atoms with Gasteiger partial charge in [0.05, 0.1) is 30.2 Å². The highest BCUT2D eigenvalue weighted by molar-refractivity contribution is 6.21. The molecule has 0 saturated carbocycles. The fourth-order valence-electron chi connectivity index (χ4n) is 6.96. The molecule has 0 atom stereocenters. The van der Waals surface area contributed by atoms with E-state index in [0.717, 1.165) is 15.7 Å². The molecule has 11 aromatic rings. The summed E-state index contributed by atoms with van der Waals surface area (Å²) in [5.74, 6) is 1.33. The lowest BCUT2D eigenvalue weighted by atomic mass is 10.0. The molecule has 0 aliphatic carbocycles. The molecule has 252 valence electrons. The minimum atomic E-state index is -0.715. The van der Waals surface area contributed by atoms with Crippen LogP contribution >= 0.6 is 0 Å². The van der Waals surface area contributed by atoms with Crippen molar-refractivity contribution in [2.24, 2.45) is 0 Å². The van der Waals surface area contributed by atoms with Crippen molar-refractivity contribution in [2.45, 2.75) is 0 Å². The van der Waals surface area contributed by atoms with Gasteiger partial charge in [0.2, 0.25) is 0 Å². The Labute approximate surface area is 330 Å². The molecular weight excluding hydrogens is 661 g/mol. The lowest BCUT2D eigenvalue weighted by molar-refractivity contribution is 0.669. The Kier molecular flexibility index (Phi) is 4.36. The van der Waals surface area contributed by atoms with Gasteiger partial charge in [-0.3, -0.25) is 0 Å². The molecule has 0 radical (unpaired) electrons. The van der Waals surface area contributed by atoms with Crippen molar-refractivity contribution in [2.75, 3.05) is 0 Å². The van der Waals surface area contributed by atoms with Crippen LogP contribution in [-0.4, -0.2) is 19.5 Å². The van der Waals surface area contributed by atoms with Gasteiger partial charge in [-0.15, -0.1) is 0 Å². The van der Waals surface area contributed by atoms with Crippen molar-refractivity contribution in [3.05, 3.63) is 182 Å². The average Bonchev–Trinajstić information content (AvgIpc) is 3.91. The topological polar surface area (TPSA) is 56.7 Å². The van der Waals surface area contributed by atoms with Crippen molar-refractivity contribution in [1.29, 1.82) is 0 Å². The second-order valence-electron chi connectivity index (χ2n) is 12.5. The van der Waals surface area contributed by atoms with E-state index in [9.17, 15) is 6.85 Å². The monoisotopic (exact) mass is 704 g/mol. The first kappa shape index (κ1) is 19.5. The number of hydrogen-bond donors (Lipinski definition) is 0. The third-order valence-corrected chi connectivity index (χ3v) is 9.41. The van der Waals surface area contributed by atoms with E-state index in [4.69, 9.17) is 31.7 Å². The summed E-state index contributed by atoms with van der Waals surface area (Å²) in [4.78, 5) is 14.6. The smallest absolute Gasteiger partial charge is 0.164 e. The second kappa shape index (κ2) is 12.1. The average molecular weight is 705 g/mol. The Morgan fingerprint density at radius 1 is 0.444 bits per heavy atom. The molecule has 5 nitrogen and oxygen atoms in total. The van der Waals surface area contributed by atoms with E-state index in [1.54, 1.807) is 24.3 Å². The highest BCUT2D eigenvalue weighted by Gasteiger charge is 2.19. The molecule has 0 N–H and O–H groups in total. The molecular formula is C49H30N4O. The van der Waals surface area contributed by atoms with Gasteiger partial charge in [-0.2, -0.15) is 0 Å². The zero-order valence-corrected chi connectivity index (χ0v) is 27.9. The highest BCUT2D eigenvalue weighted by Crippen LogP contribution is 2.40. The summed E-state index contributed by atoms with van der Waals surface area (Å²) in [6.45, 7) is 0. The summed E-state index contributed by atoms with van der Waals surface area (Å²) < 4.78 is 133. The molecule has 54 heavy (non-hydrogen) atoms. The van der Waals surface area contributed by atoms with Crippen molar-refractivity contribution in [3.8, 4) is 51.0 Å². The quantitative estimate of drug-likeness (QED) is 0.179. The first-order chi connectivity index (χ1) is 32.6. The molecule has 8 aromatic carbocycles. The van der Waals surface area contributed by atoms with Gasteiger partial charge in [0, 0.05) is 43.9 Å². The lowest BCUT2D eigenvalue weighted by Crippen LogP contribution is -2.00. The van der Waals surface area contributed by atoms with Crippen LogP contribution in [0.5, 0.6) is 0 Å². The van der Waals surface area contributed by atoms with Crippen LogP contribution in [0.25, 0.3) is 105 Å². The van der Waals surface area contributed by atoms with E-state index < -0.39 is 90.3 Å². The third kappa shape index (κ3) is 4.83. The molecule has 3 aromatic heterocycles. The fourth-order valence-corrected chi connectivity index (χ4v) is 6.96. The first-order valence-electron chi connectivity index (χ1n) is 24.0. The van der Waals surface area contributed by atoms with E-state index in [-0.39, 0.29) is 43.7 Å². The summed E-state index contributed by atoms with van der Waals surface area (Å²) in [7, 11) is 0. The number of rotatable bonds is 5. The number of fused-ring (bicyclic) bond motifs is 8. The minimum absolute atomic E-state index is 0.127. The number of hydrogen-bond acceptors (Lipinski definition) is 4. The summed E-state index contributed by atoms with van der Waals surface area (Å²) in [6.07, 6.45) is 0. The predicted octanol–water partition coefficient (Wildman–Crippen LogP) is 12.7. The van der Waals surface area contributed by atoms with Gasteiger partial charge in [0.1, 0.15) is 11.2 Å². The van der Waals surface area contributed by atoms with Gasteiger partial charge in [-0.1, -0.05) is 139 Å².